The maximum atomic E-state index is 12.8. The highest BCUT2D eigenvalue weighted by atomic mass is 16.5. The van der Waals surface area contributed by atoms with E-state index in [0.29, 0.717) is 24.7 Å². The van der Waals surface area contributed by atoms with Gasteiger partial charge in [-0.25, -0.2) is 0 Å². The lowest BCUT2D eigenvalue weighted by atomic mass is 10.0. The Balaban J connectivity index is 1.06. The molecule has 0 saturated carbocycles. The second-order valence-electron chi connectivity index (χ2n) is 11.2. The summed E-state index contributed by atoms with van der Waals surface area (Å²) in [5.41, 5.74) is 2.41. The largest absolute Gasteiger partial charge is 0.489 e. The number of amides is 2. The molecule has 0 bridgehead atoms. The van der Waals surface area contributed by atoms with Crippen molar-refractivity contribution in [1.82, 2.24) is 9.80 Å². The van der Waals surface area contributed by atoms with E-state index in [-0.39, 0.29) is 37.3 Å². The van der Waals surface area contributed by atoms with Gasteiger partial charge in [0, 0.05) is 37.3 Å². The Morgan fingerprint density at radius 3 is 1.23 bits per heavy atom. The minimum Gasteiger partial charge on any atom is -0.489 e. The molecular formula is C38H34N2O8. The molecule has 0 spiro atoms. The summed E-state index contributed by atoms with van der Waals surface area (Å²) in [5, 5.41) is 0. The van der Waals surface area contributed by atoms with Crippen molar-refractivity contribution in [1.29, 1.82) is 0 Å². The topological polar surface area (TPSA) is 127 Å². The zero-order chi connectivity index (χ0) is 33.9. The van der Waals surface area contributed by atoms with Crippen LogP contribution in [-0.4, -0.2) is 70.9 Å². The molecule has 1 saturated heterocycles. The fourth-order valence-electron chi connectivity index (χ4n) is 5.11. The molecule has 244 valence electrons. The van der Waals surface area contributed by atoms with Gasteiger partial charge in [-0.3, -0.25) is 28.8 Å². The summed E-state index contributed by atoms with van der Waals surface area (Å²) in [6.45, 7) is 0.658. The highest BCUT2D eigenvalue weighted by molar-refractivity contribution is 6.41. The van der Waals surface area contributed by atoms with Gasteiger partial charge in [0.15, 0.2) is 11.6 Å². The highest BCUT2D eigenvalue weighted by Gasteiger charge is 2.31. The number of ketones is 4. The monoisotopic (exact) mass is 646 g/mol. The van der Waals surface area contributed by atoms with Gasteiger partial charge in [-0.15, -0.1) is 0 Å². The molecule has 0 aromatic heterocycles. The van der Waals surface area contributed by atoms with Crippen molar-refractivity contribution >= 4 is 34.9 Å². The van der Waals surface area contributed by atoms with Crippen LogP contribution in [0.3, 0.4) is 0 Å². The Morgan fingerprint density at radius 2 is 0.854 bits per heavy atom. The second kappa shape index (κ2) is 16.1. The maximum absolute atomic E-state index is 12.8. The fraction of sp³-hybridized carbons (Fsp3) is 0.211. The van der Waals surface area contributed by atoms with E-state index in [2.05, 4.69) is 0 Å². The molecule has 10 nitrogen and oxygen atoms in total. The fourth-order valence-corrected chi connectivity index (χ4v) is 5.11. The molecule has 0 N–H and O–H groups in total. The molecule has 4 aromatic rings. The molecular weight excluding hydrogens is 612 g/mol. The van der Waals surface area contributed by atoms with Gasteiger partial charge in [-0.05, 0) is 35.4 Å². The average Bonchev–Trinajstić information content (AvgIpc) is 3.13. The summed E-state index contributed by atoms with van der Waals surface area (Å²) < 4.78 is 11.5. The number of carbonyl (C=O) groups is 6. The van der Waals surface area contributed by atoms with Crippen LogP contribution in [0.2, 0.25) is 0 Å². The number of hydrogen-bond donors (Lipinski definition) is 0. The van der Waals surface area contributed by atoms with E-state index in [0.717, 1.165) is 11.1 Å². The molecule has 1 aliphatic rings. The lowest BCUT2D eigenvalue weighted by molar-refractivity contribution is -0.149. The Bertz CT molecular complexity index is 1660. The number of nitrogens with zero attached hydrogens (tertiary/aromatic N) is 2. The van der Waals surface area contributed by atoms with E-state index in [1.165, 1.54) is 21.9 Å². The van der Waals surface area contributed by atoms with Crippen molar-refractivity contribution in [2.24, 2.45) is 0 Å². The molecule has 0 atom stereocenters. The van der Waals surface area contributed by atoms with Crippen molar-refractivity contribution in [2.75, 3.05) is 26.2 Å². The van der Waals surface area contributed by atoms with Crippen molar-refractivity contribution in [2.45, 2.75) is 26.1 Å². The lowest BCUT2D eigenvalue weighted by Crippen LogP contribution is -2.53. The molecule has 1 fully saturated rings. The number of Topliss-reactive ketones (excluding diaryl/α,β-unsaturated/α-hetero) is 4. The zero-order valence-electron chi connectivity index (χ0n) is 26.2. The first kappa shape index (κ1) is 33.5. The molecule has 0 radical (unpaired) electrons. The number of ether oxygens (including phenoxy) is 2. The zero-order valence-corrected chi connectivity index (χ0v) is 26.2. The average molecular weight is 647 g/mol. The number of piperazine rings is 1. The van der Waals surface area contributed by atoms with Gasteiger partial charge in [0.05, 0.1) is 12.8 Å². The summed E-state index contributed by atoms with van der Waals surface area (Å²) in [7, 11) is 0. The van der Waals surface area contributed by atoms with E-state index in [1.54, 1.807) is 36.4 Å². The minimum absolute atomic E-state index is 0.00927. The summed E-state index contributed by atoms with van der Waals surface area (Å²) in [4.78, 5) is 79.2. The number of hydrogen-bond acceptors (Lipinski definition) is 8. The highest BCUT2D eigenvalue weighted by Crippen LogP contribution is 2.19. The SMILES string of the molecule is O=C(CC(=O)c1cccc(OCc2ccccc2)c1)C(=O)N1CCN(C(=O)C(=O)CC(=O)c2cccc(OCc3ccccc3)c2)CC1. The van der Waals surface area contributed by atoms with Crippen LogP contribution in [0.5, 0.6) is 11.5 Å². The molecule has 0 unspecified atom stereocenters. The summed E-state index contributed by atoms with van der Waals surface area (Å²) in [6, 6.07) is 31.9. The molecule has 48 heavy (non-hydrogen) atoms. The normalized spacial score (nSPS) is 12.6. The first-order valence-electron chi connectivity index (χ1n) is 15.5. The van der Waals surface area contributed by atoms with Gasteiger partial charge in [-0.1, -0.05) is 84.9 Å². The van der Waals surface area contributed by atoms with Crippen LogP contribution in [0.25, 0.3) is 0 Å². The van der Waals surface area contributed by atoms with Gasteiger partial charge in [-0.2, -0.15) is 0 Å². The molecule has 10 heteroatoms. The van der Waals surface area contributed by atoms with Crippen molar-refractivity contribution in [3.63, 3.8) is 0 Å². The number of rotatable bonds is 14. The number of carbonyl (C=O) groups excluding carboxylic acids is 6. The van der Waals surface area contributed by atoms with Crippen LogP contribution < -0.4 is 9.47 Å². The van der Waals surface area contributed by atoms with Crippen LogP contribution in [0.15, 0.2) is 109 Å². The molecule has 0 aliphatic carbocycles. The van der Waals surface area contributed by atoms with Crippen LogP contribution in [0.1, 0.15) is 44.7 Å². The van der Waals surface area contributed by atoms with Gasteiger partial charge in [0.2, 0.25) is 11.6 Å². The summed E-state index contributed by atoms with van der Waals surface area (Å²) in [5.74, 6) is -3.51. The standard InChI is InChI=1S/C38H34N2O8/c41-33(29-13-7-15-31(21-29)47-25-27-9-3-1-4-10-27)23-35(43)37(45)39-17-19-40(20-18-39)38(46)36(44)24-34(42)30-14-8-16-32(22-30)48-26-28-11-5-2-6-12-28/h1-16,21-22H,17-20,23-26H2. The molecule has 5 rings (SSSR count). The van der Waals surface area contributed by atoms with Crippen LogP contribution in [0, 0.1) is 0 Å². The van der Waals surface area contributed by atoms with E-state index in [4.69, 9.17) is 9.47 Å². The molecule has 2 amide bonds. The second-order valence-corrected chi connectivity index (χ2v) is 11.2. The first-order valence-corrected chi connectivity index (χ1v) is 15.5. The van der Waals surface area contributed by atoms with E-state index in [1.807, 2.05) is 60.7 Å². The van der Waals surface area contributed by atoms with E-state index in [9.17, 15) is 28.8 Å². The quantitative estimate of drug-likeness (QED) is 0.111. The van der Waals surface area contributed by atoms with Crippen molar-refractivity contribution in [3.05, 3.63) is 131 Å². The third-order valence-electron chi connectivity index (χ3n) is 7.78. The van der Waals surface area contributed by atoms with E-state index < -0.39 is 47.8 Å². The Morgan fingerprint density at radius 1 is 0.479 bits per heavy atom. The third-order valence-corrected chi connectivity index (χ3v) is 7.78. The van der Waals surface area contributed by atoms with E-state index >= 15 is 0 Å². The minimum atomic E-state index is -0.868. The smallest absolute Gasteiger partial charge is 0.290 e. The van der Waals surface area contributed by atoms with Gasteiger partial charge < -0.3 is 19.3 Å². The number of benzene rings is 4. The van der Waals surface area contributed by atoms with Crippen LogP contribution in [-0.2, 0) is 32.4 Å². The Labute approximate surface area is 277 Å². The third kappa shape index (κ3) is 9.10. The lowest BCUT2D eigenvalue weighted by Gasteiger charge is -2.34. The first-order chi connectivity index (χ1) is 23.3. The predicted molar refractivity (Wildman–Crippen MR) is 176 cm³/mol. The van der Waals surface area contributed by atoms with Gasteiger partial charge >= 0.3 is 0 Å². The Hall–Kier alpha value is -5.90. The predicted octanol–water partition coefficient (Wildman–Crippen LogP) is 4.50. The summed E-state index contributed by atoms with van der Waals surface area (Å²) in [6.07, 6.45) is -1.22. The van der Waals surface area contributed by atoms with Crippen LogP contribution in [0.4, 0.5) is 0 Å². The summed E-state index contributed by atoms with van der Waals surface area (Å²) >= 11 is 0. The van der Waals surface area contributed by atoms with Crippen molar-refractivity contribution < 1.29 is 38.2 Å². The van der Waals surface area contributed by atoms with Crippen LogP contribution >= 0.6 is 0 Å². The molecule has 4 aromatic carbocycles. The van der Waals surface area contributed by atoms with Gasteiger partial charge in [0.1, 0.15) is 24.7 Å². The Kier molecular flexibility index (Phi) is 11.2. The van der Waals surface area contributed by atoms with Crippen molar-refractivity contribution in [3.8, 4) is 11.5 Å². The molecule has 1 aliphatic heterocycles. The van der Waals surface area contributed by atoms with Gasteiger partial charge in [0.25, 0.3) is 11.8 Å². The molecule has 1 heterocycles. The maximum Gasteiger partial charge on any atom is 0.290 e.